The molecule has 2 aromatic heterocycles. The van der Waals surface area contributed by atoms with Crippen molar-refractivity contribution in [2.75, 3.05) is 0 Å². The SMILES string of the molecule is O=C(O)Cc1cn(Cc2cc(Br)cs2)c2ccccc12. The van der Waals surface area contributed by atoms with Crippen molar-refractivity contribution >= 4 is 44.1 Å². The smallest absolute Gasteiger partial charge is 0.307 e. The highest BCUT2D eigenvalue weighted by molar-refractivity contribution is 9.10. The van der Waals surface area contributed by atoms with Gasteiger partial charge in [-0.15, -0.1) is 11.3 Å². The Labute approximate surface area is 128 Å². The van der Waals surface area contributed by atoms with Gasteiger partial charge < -0.3 is 9.67 Å². The molecule has 3 rings (SSSR count). The third-order valence-corrected chi connectivity index (χ3v) is 4.84. The van der Waals surface area contributed by atoms with Crippen LogP contribution in [0.5, 0.6) is 0 Å². The highest BCUT2D eigenvalue weighted by atomic mass is 79.9. The molecule has 2 heterocycles. The number of fused-ring (bicyclic) bond motifs is 1. The van der Waals surface area contributed by atoms with Gasteiger partial charge in [0.05, 0.1) is 13.0 Å². The summed E-state index contributed by atoms with van der Waals surface area (Å²) in [5.74, 6) is -0.799. The minimum atomic E-state index is -0.799. The van der Waals surface area contributed by atoms with Gasteiger partial charge in [-0.1, -0.05) is 18.2 Å². The lowest BCUT2D eigenvalue weighted by Gasteiger charge is -2.02. The highest BCUT2D eigenvalue weighted by Crippen LogP contribution is 2.26. The molecule has 5 heteroatoms. The molecule has 0 radical (unpaired) electrons. The van der Waals surface area contributed by atoms with Crippen LogP contribution in [0.15, 0.2) is 46.4 Å². The van der Waals surface area contributed by atoms with Gasteiger partial charge in [-0.05, 0) is 33.6 Å². The first kappa shape index (κ1) is 13.4. The maximum Gasteiger partial charge on any atom is 0.307 e. The molecule has 20 heavy (non-hydrogen) atoms. The van der Waals surface area contributed by atoms with E-state index in [2.05, 4.69) is 31.9 Å². The number of carbonyl (C=O) groups is 1. The van der Waals surface area contributed by atoms with Gasteiger partial charge >= 0.3 is 5.97 Å². The lowest BCUT2D eigenvalue weighted by Crippen LogP contribution is -1.99. The predicted octanol–water partition coefficient (Wildman–Crippen LogP) is 4.14. The minimum Gasteiger partial charge on any atom is -0.481 e. The van der Waals surface area contributed by atoms with Gasteiger partial charge in [0.2, 0.25) is 0 Å². The molecular weight excluding hydrogens is 338 g/mol. The maximum atomic E-state index is 11.0. The van der Waals surface area contributed by atoms with E-state index < -0.39 is 5.97 Å². The number of hydrogen-bond acceptors (Lipinski definition) is 2. The molecule has 1 N–H and O–H groups in total. The summed E-state index contributed by atoms with van der Waals surface area (Å²) in [4.78, 5) is 12.2. The number of aromatic nitrogens is 1. The van der Waals surface area contributed by atoms with Gasteiger partial charge in [0, 0.05) is 31.8 Å². The van der Waals surface area contributed by atoms with E-state index in [1.807, 2.05) is 30.5 Å². The highest BCUT2D eigenvalue weighted by Gasteiger charge is 2.11. The van der Waals surface area contributed by atoms with E-state index in [0.29, 0.717) is 0 Å². The molecule has 0 amide bonds. The van der Waals surface area contributed by atoms with Crippen molar-refractivity contribution in [2.45, 2.75) is 13.0 Å². The molecule has 0 bridgehead atoms. The van der Waals surface area contributed by atoms with E-state index in [0.717, 1.165) is 27.5 Å². The van der Waals surface area contributed by atoms with Crippen LogP contribution in [0.1, 0.15) is 10.4 Å². The zero-order chi connectivity index (χ0) is 14.1. The van der Waals surface area contributed by atoms with E-state index in [1.165, 1.54) is 4.88 Å². The second-order valence-corrected chi connectivity index (χ2v) is 6.51. The molecule has 0 aliphatic heterocycles. The fourth-order valence-corrected chi connectivity index (χ4v) is 3.81. The fraction of sp³-hybridized carbons (Fsp3) is 0.133. The summed E-state index contributed by atoms with van der Waals surface area (Å²) < 4.78 is 3.20. The number of carboxylic acids is 1. The standard InChI is InChI=1S/C15H12BrNO2S/c16-11-6-12(20-9-11)8-17-7-10(5-15(18)19)13-3-1-2-4-14(13)17/h1-4,6-7,9H,5,8H2,(H,18,19). The Morgan fingerprint density at radius 3 is 2.85 bits per heavy atom. The van der Waals surface area contributed by atoms with E-state index in [4.69, 9.17) is 5.11 Å². The molecule has 1 aromatic carbocycles. The molecule has 3 aromatic rings. The van der Waals surface area contributed by atoms with E-state index in [1.54, 1.807) is 11.3 Å². The quantitative estimate of drug-likeness (QED) is 0.768. The first-order valence-electron chi connectivity index (χ1n) is 6.15. The molecule has 0 fully saturated rings. The number of nitrogens with zero attached hydrogens (tertiary/aromatic N) is 1. The third kappa shape index (κ3) is 2.64. The molecule has 0 saturated heterocycles. The molecule has 0 aliphatic rings. The van der Waals surface area contributed by atoms with Gasteiger partial charge in [0.15, 0.2) is 0 Å². The topological polar surface area (TPSA) is 42.2 Å². The molecule has 102 valence electrons. The zero-order valence-electron chi connectivity index (χ0n) is 10.5. The first-order chi connectivity index (χ1) is 9.63. The number of aliphatic carboxylic acids is 1. The normalized spacial score (nSPS) is 11.1. The number of benzene rings is 1. The van der Waals surface area contributed by atoms with Crippen LogP contribution in [0.25, 0.3) is 10.9 Å². The van der Waals surface area contributed by atoms with Crippen LogP contribution < -0.4 is 0 Å². The van der Waals surface area contributed by atoms with Crippen LogP contribution in [0.2, 0.25) is 0 Å². The summed E-state index contributed by atoms with van der Waals surface area (Å²) >= 11 is 5.15. The average molecular weight is 350 g/mol. The first-order valence-corrected chi connectivity index (χ1v) is 7.82. The van der Waals surface area contributed by atoms with Crippen LogP contribution in [-0.2, 0) is 17.8 Å². The van der Waals surface area contributed by atoms with Gasteiger partial charge in [-0.25, -0.2) is 0 Å². The number of para-hydroxylation sites is 1. The molecule has 0 aliphatic carbocycles. The van der Waals surface area contributed by atoms with Gasteiger partial charge in [0.25, 0.3) is 0 Å². The Hall–Kier alpha value is -1.59. The second-order valence-electron chi connectivity index (χ2n) is 4.60. The summed E-state index contributed by atoms with van der Waals surface area (Å²) in [5.41, 5.74) is 1.94. The molecule has 0 unspecified atom stereocenters. The van der Waals surface area contributed by atoms with Crippen molar-refractivity contribution < 1.29 is 9.90 Å². The van der Waals surface area contributed by atoms with Gasteiger partial charge in [0.1, 0.15) is 0 Å². The fourth-order valence-electron chi connectivity index (χ4n) is 2.36. The molecule has 0 saturated carbocycles. The number of carboxylic acid groups (broad SMARTS) is 1. The Morgan fingerprint density at radius 1 is 1.35 bits per heavy atom. The van der Waals surface area contributed by atoms with Crippen LogP contribution in [0.4, 0.5) is 0 Å². The maximum absolute atomic E-state index is 11.0. The lowest BCUT2D eigenvalue weighted by molar-refractivity contribution is -0.136. The summed E-state index contributed by atoms with van der Waals surface area (Å²) in [7, 11) is 0. The van der Waals surface area contributed by atoms with Crippen molar-refractivity contribution in [1.82, 2.24) is 4.57 Å². The Bertz CT molecular complexity index is 775. The van der Waals surface area contributed by atoms with E-state index in [-0.39, 0.29) is 6.42 Å². The van der Waals surface area contributed by atoms with Crippen molar-refractivity contribution in [2.24, 2.45) is 0 Å². The summed E-state index contributed by atoms with van der Waals surface area (Å²) in [6.07, 6.45) is 2.01. The number of halogens is 1. The van der Waals surface area contributed by atoms with Crippen molar-refractivity contribution in [3.8, 4) is 0 Å². The monoisotopic (exact) mass is 349 g/mol. The van der Waals surface area contributed by atoms with E-state index in [9.17, 15) is 4.79 Å². The molecular formula is C15H12BrNO2S. The number of rotatable bonds is 4. The van der Waals surface area contributed by atoms with Gasteiger partial charge in [-0.3, -0.25) is 4.79 Å². The third-order valence-electron chi connectivity index (χ3n) is 3.16. The van der Waals surface area contributed by atoms with Crippen LogP contribution in [0.3, 0.4) is 0 Å². The lowest BCUT2D eigenvalue weighted by atomic mass is 10.1. The van der Waals surface area contributed by atoms with Crippen LogP contribution in [0, 0.1) is 0 Å². The molecule has 0 spiro atoms. The number of thiophene rings is 1. The second kappa shape index (κ2) is 5.42. The predicted molar refractivity (Wildman–Crippen MR) is 84.4 cm³/mol. The molecule has 3 nitrogen and oxygen atoms in total. The minimum absolute atomic E-state index is 0.0572. The van der Waals surface area contributed by atoms with Crippen LogP contribution in [-0.4, -0.2) is 15.6 Å². The van der Waals surface area contributed by atoms with E-state index >= 15 is 0 Å². The number of hydrogen-bond donors (Lipinski definition) is 1. The summed E-state index contributed by atoms with van der Waals surface area (Å²) in [6.45, 7) is 0.760. The average Bonchev–Trinajstić information content (AvgIpc) is 2.95. The van der Waals surface area contributed by atoms with Crippen LogP contribution >= 0.6 is 27.3 Å². The zero-order valence-corrected chi connectivity index (χ0v) is 12.9. The molecule has 0 atom stereocenters. The Kier molecular flexibility index (Phi) is 3.63. The van der Waals surface area contributed by atoms with Crippen molar-refractivity contribution in [3.05, 3.63) is 56.8 Å². The van der Waals surface area contributed by atoms with Gasteiger partial charge in [-0.2, -0.15) is 0 Å². The largest absolute Gasteiger partial charge is 0.481 e. The van der Waals surface area contributed by atoms with Crippen molar-refractivity contribution in [3.63, 3.8) is 0 Å². The Morgan fingerprint density at radius 2 is 2.15 bits per heavy atom. The summed E-state index contributed by atoms with van der Waals surface area (Å²) in [5, 5.41) is 12.1. The van der Waals surface area contributed by atoms with Crippen molar-refractivity contribution in [1.29, 1.82) is 0 Å². The summed E-state index contributed by atoms with van der Waals surface area (Å²) in [6, 6.07) is 10.0. The Balaban J connectivity index is 2.04.